The third kappa shape index (κ3) is 6.16. The van der Waals surface area contributed by atoms with Gasteiger partial charge in [0.05, 0.1) is 24.2 Å². The molecule has 6 heteroatoms. The number of thioether (sulfide) groups is 1. The van der Waals surface area contributed by atoms with E-state index in [1.165, 1.54) is 19.2 Å². The average Bonchev–Trinajstić information content (AvgIpc) is 2.36. The van der Waals surface area contributed by atoms with Crippen LogP contribution in [0.1, 0.15) is 31.1 Å². The minimum atomic E-state index is -0.548. The van der Waals surface area contributed by atoms with Gasteiger partial charge in [0.1, 0.15) is 17.2 Å². The molecule has 0 radical (unpaired) electrons. The van der Waals surface area contributed by atoms with Gasteiger partial charge in [-0.25, -0.2) is 4.39 Å². The van der Waals surface area contributed by atoms with Crippen LogP contribution in [0.15, 0.2) is 18.2 Å². The molecule has 0 aliphatic rings. The maximum atomic E-state index is 13.2. The van der Waals surface area contributed by atoms with Crippen molar-refractivity contribution < 1.29 is 23.5 Å². The summed E-state index contributed by atoms with van der Waals surface area (Å²) >= 11 is 1.13. The van der Waals surface area contributed by atoms with Crippen molar-refractivity contribution in [2.24, 2.45) is 0 Å². The smallest absolute Gasteiger partial charge is 0.316 e. The Hall–Kier alpha value is -1.56. The molecule has 0 spiro atoms. The first-order valence-electron chi connectivity index (χ1n) is 6.39. The zero-order valence-electron chi connectivity index (χ0n) is 12.6. The number of carbonyl (C=O) groups is 2. The van der Waals surface area contributed by atoms with Crippen LogP contribution in [0.25, 0.3) is 0 Å². The summed E-state index contributed by atoms with van der Waals surface area (Å²) in [5, 5.41) is 0. The SMILES string of the molecule is COc1ccc(F)cc1C(=O)CSCC(=O)OC(C)(C)C. The fourth-order valence-electron chi connectivity index (χ4n) is 1.57. The van der Waals surface area contributed by atoms with Gasteiger partial charge >= 0.3 is 5.97 Å². The summed E-state index contributed by atoms with van der Waals surface area (Å²) in [6, 6.07) is 3.76. The van der Waals surface area contributed by atoms with Crippen LogP contribution < -0.4 is 4.74 Å². The normalized spacial score (nSPS) is 11.1. The van der Waals surface area contributed by atoms with Crippen molar-refractivity contribution in [3.8, 4) is 5.75 Å². The largest absolute Gasteiger partial charge is 0.496 e. The highest BCUT2D eigenvalue weighted by molar-refractivity contribution is 8.00. The molecule has 0 aliphatic heterocycles. The van der Waals surface area contributed by atoms with Gasteiger partial charge in [0.15, 0.2) is 5.78 Å². The number of esters is 1. The van der Waals surface area contributed by atoms with E-state index in [1.807, 2.05) is 0 Å². The first-order chi connectivity index (χ1) is 9.73. The van der Waals surface area contributed by atoms with Gasteiger partial charge < -0.3 is 9.47 Å². The number of ether oxygens (including phenoxy) is 2. The van der Waals surface area contributed by atoms with E-state index in [9.17, 15) is 14.0 Å². The highest BCUT2D eigenvalue weighted by Crippen LogP contribution is 2.21. The number of rotatable bonds is 6. The Balaban J connectivity index is 2.55. The molecule has 0 fully saturated rings. The molecule has 0 atom stereocenters. The van der Waals surface area contributed by atoms with Gasteiger partial charge in [0.2, 0.25) is 0 Å². The molecular formula is C15H19FO4S. The van der Waals surface area contributed by atoms with Crippen LogP contribution in [0.5, 0.6) is 5.75 Å². The van der Waals surface area contributed by atoms with Crippen LogP contribution in [-0.4, -0.2) is 36.0 Å². The Kier molecular flexibility index (Phi) is 6.20. The number of halogens is 1. The quantitative estimate of drug-likeness (QED) is 0.596. The molecule has 0 heterocycles. The standard InChI is InChI=1S/C15H19FO4S/c1-15(2,3)20-14(18)9-21-8-12(17)11-7-10(16)5-6-13(11)19-4/h5-7H,8-9H2,1-4H3. The van der Waals surface area contributed by atoms with E-state index in [1.54, 1.807) is 20.8 Å². The summed E-state index contributed by atoms with van der Waals surface area (Å²) in [5.41, 5.74) is -0.373. The lowest BCUT2D eigenvalue weighted by Gasteiger charge is -2.19. The Labute approximate surface area is 128 Å². The number of hydrogen-bond donors (Lipinski definition) is 0. The molecule has 116 valence electrons. The van der Waals surface area contributed by atoms with Gasteiger partial charge in [-0.05, 0) is 39.0 Å². The van der Waals surface area contributed by atoms with Gasteiger partial charge in [-0.15, -0.1) is 11.8 Å². The maximum absolute atomic E-state index is 13.2. The van der Waals surface area contributed by atoms with E-state index in [4.69, 9.17) is 9.47 Å². The molecule has 0 aromatic heterocycles. The van der Waals surface area contributed by atoms with Crippen molar-refractivity contribution in [1.82, 2.24) is 0 Å². The van der Waals surface area contributed by atoms with Gasteiger partial charge in [0, 0.05) is 0 Å². The number of carbonyl (C=O) groups excluding carboxylic acids is 2. The van der Waals surface area contributed by atoms with Crippen molar-refractivity contribution >= 4 is 23.5 Å². The molecule has 21 heavy (non-hydrogen) atoms. The summed E-state index contributed by atoms with van der Waals surface area (Å²) in [6.45, 7) is 5.33. The van der Waals surface area contributed by atoms with E-state index in [0.717, 1.165) is 17.8 Å². The van der Waals surface area contributed by atoms with Gasteiger partial charge in [-0.1, -0.05) is 0 Å². The molecular weight excluding hydrogens is 295 g/mol. The summed E-state index contributed by atoms with van der Waals surface area (Å²) in [7, 11) is 1.41. The minimum Gasteiger partial charge on any atom is -0.496 e. The molecule has 4 nitrogen and oxygen atoms in total. The maximum Gasteiger partial charge on any atom is 0.316 e. The molecule has 0 unspecified atom stereocenters. The zero-order valence-corrected chi connectivity index (χ0v) is 13.4. The van der Waals surface area contributed by atoms with Crippen LogP contribution in [0.4, 0.5) is 4.39 Å². The van der Waals surface area contributed by atoms with Crippen LogP contribution in [0, 0.1) is 5.82 Å². The molecule has 0 bridgehead atoms. The van der Waals surface area contributed by atoms with Crippen LogP contribution >= 0.6 is 11.8 Å². The van der Waals surface area contributed by atoms with Crippen molar-refractivity contribution in [1.29, 1.82) is 0 Å². The van der Waals surface area contributed by atoms with E-state index in [0.29, 0.717) is 5.75 Å². The highest BCUT2D eigenvalue weighted by atomic mass is 32.2. The molecule has 0 saturated heterocycles. The number of hydrogen-bond acceptors (Lipinski definition) is 5. The first kappa shape index (κ1) is 17.5. The van der Waals surface area contributed by atoms with Gasteiger partial charge in [-0.3, -0.25) is 9.59 Å². The Bertz CT molecular complexity index is 523. The van der Waals surface area contributed by atoms with Gasteiger partial charge in [0.25, 0.3) is 0 Å². The predicted octanol–water partition coefficient (Wildman–Crippen LogP) is 3.09. The lowest BCUT2D eigenvalue weighted by atomic mass is 10.1. The van der Waals surface area contributed by atoms with E-state index in [-0.39, 0.29) is 28.8 Å². The topological polar surface area (TPSA) is 52.6 Å². The Morgan fingerprint density at radius 1 is 1.24 bits per heavy atom. The van der Waals surface area contributed by atoms with Crippen LogP contribution in [0.2, 0.25) is 0 Å². The molecule has 1 aromatic rings. The number of Topliss-reactive ketones (excluding diaryl/α,β-unsaturated/α-hetero) is 1. The summed E-state index contributed by atoms with van der Waals surface area (Å²) in [6.07, 6.45) is 0. The minimum absolute atomic E-state index is 0.0546. The van der Waals surface area contributed by atoms with Crippen molar-refractivity contribution in [3.05, 3.63) is 29.6 Å². The molecule has 1 aromatic carbocycles. The summed E-state index contributed by atoms with van der Waals surface area (Å²) in [4.78, 5) is 23.5. The number of benzene rings is 1. The number of methoxy groups -OCH3 is 1. The lowest BCUT2D eigenvalue weighted by molar-refractivity contribution is -0.151. The molecule has 0 N–H and O–H groups in total. The average molecular weight is 314 g/mol. The van der Waals surface area contributed by atoms with E-state index >= 15 is 0 Å². The third-order valence-electron chi connectivity index (χ3n) is 2.34. The van der Waals surface area contributed by atoms with E-state index in [2.05, 4.69) is 0 Å². The second-order valence-electron chi connectivity index (χ2n) is 5.35. The van der Waals surface area contributed by atoms with Crippen LogP contribution in [0.3, 0.4) is 0 Å². The first-order valence-corrected chi connectivity index (χ1v) is 7.55. The van der Waals surface area contributed by atoms with E-state index < -0.39 is 11.4 Å². The third-order valence-corrected chi connectivity index (χ3v) is 3.24. The monoisotopic (exact) mass is 314 g/mol. The zero-order chi connectivity index (χ0) is 16.0. The molecule has 0 aliphatic carbocycles. The molecule has 0 saturated carbocycles. The second-order valence-corrected chi connectivity index (χ2v) is 6.33. The van der Waals surface area contributed by atoms with Gasteiger partial charge in [-0.2, -0.15) is 0 Å². The van der Waals surface area contributed by atoms with Crippen LogP contribution in [-0.2, 0) is 9.53 Å². The van der Waals surface area contributed by atoms with Crippen molar-refractivity contribution in [3.63, 3.8) is 0 Å². The lowest BCUT2D eigenvalue weighted by Crippen LogP contribution is -2.25. The predicted molar refractivity (Wildman–Crippen MR) is 80.5 cm³/mol. The Morgan fingerprint density at radius 3 is 2.48 bits per heavy atom. The second kappa shape index (κ2) is 7.45. The van der Waals surface area contributed by atoms with Crippen molar-refractivity contribution in [2.45, 2.75) is 26.4 Å². The number of ketones is 1. The molecule has 1 rings (SSSR count). The highest BCUT2D eigenvalue weighted by Gasteiger charge is 2.18. The molecule has 0 amide bonds. The Morgan fingerprint density at radius 2 is 1.90 bits per heavy atom. The fraction of sp³-hybridized carbons (Fsp3) is 0.467. The summed E-state index contributed by atoms with van der Waals surface area (Å²) < 4.78 is 23.4. The summed E-state index contributed by atoms with van der Waals surface area (Å²) in [5.74, 6) is -0.735. The van der Waals surface area contributed by atoms with Crippen molar-refractivity contribution in [2.75, 3.05) is 18.6 Å². The fourth-order valence-corrected chi connectivity index (χ4v) is 2.24.